The van der Waals surface area contributed by atoms with Gasteiger partial charge in [-0.25, -0.2) is 4.98 Å². The van der Waals surface area contributed by atoms with Crippen LogP contribution in [0.1, 0.15) is 68.6 Å². The predicted octanol–water partition coefficient (Wildman–Crippen LogP) is 0.938. The zero-order valence-corrected chi connectivity index (χ0v) is 41.5. The van der Waals surface area contributed by atoms with Crippen molar-refractivity contribution in [1.29, 1.82) is 0 Å². The zero-order valence-electron chi connectivity index (χ0n) is 41.0. The number of nitrogens with zero attached hydrogens (tertiary/aromatic N) is 1. The van der Waals surface area contributed by atoms with Crippen LogP contribution in [0.3, 0.4) is 0 Å². The molecule has 0 atom stereocenters. The average Bonchev–Trinajstić information content (AvgIpc) is 3.34. The third-order valence-electron chi connectivity index (χ3n) is 8.67. The van der Waals surface area contributed by atoms with Gasteiger partial charge in [-0.3, -0.25) is 19.2 Å². The number of nitrogens with one attached hydrogen (secondary N) is 8. The summed E-state index contributed by atoms with van der Waals surface area (Å²) in [5.41, 5.74) is 10.8. The van der Waals surface area contributed by atoms with Crippen LogP contribution in [0.5, 0.6) is 0 Å². The van der Waals surface area contributed by atoms with Crippen LogP contribution < -0.4 is 54.0 Å². The standard InChI is InChI=1S/C24H44N6O4S2.C19H41N5O4S.2H2/c25-9-13-26-10-3-1-4-11-27-14-15-28-22(31)7-17-33-19-20-34-18-16-29-23(32)8-21-35-36-24-6-2-5-12-30-24;20-6-9-21-7-2-1-3-8-22-10-11-23-18(25)4-13-27-15-16-28-14-12-24-19(26)5-17-29;;/h2,5-6,12,26-27H,1,3-4,7-11,13-21,25H2,(H,28,31)(H,29,32);21-22,29H,1-17,20H2,(H,23,25)(H,24,26);2*1H/i;;1+2D;1+2. The highest BCUT2D eigenvalue weighted by atomic mass is 33.1. The maximum Gasteiger partial charge on any atom is 0.222 e. The fourth-order valence-corrected chi connectivity index (χ4v) is 7.30. The van der Waals surface area contributed by atoms with Gasteiger partial charge in [0.25, 0.3) is 0 Å². The van der Waals surface area contributed by atoms with Gasteiger partial charge in [-0.05, 0) is 80.5 Å². The first kappa shape index (κ1) is 60.7. The number of nitrogens with two attached hydrogens (primary N) is 2. The predicted molar refractivity (Wildman–Crippen MR) is 272 cm³/mol. The molecule has 19 nitrogen and oxygen atoms in total. The molecule has 0 aliphatic carbocycles. The fraction of sp³-hybridized carbons (Fsp3) is 0.791. The van der Waals surface area contributed by atoms with E-state index < -0.39 is 0 Å². The van der Waals surface area contributed by atoms with Gasteiger partial charge in [0.1, 0.15) is 5.03 Å². The zero-order chi connectivity index (χ0) is 49.4. The molecule has 0 aliphatic heterocycles. The molecule has 0 saturated carbocycles. The van der Waals surface area contributed by atoms with E-state index in [1.807, 2.05) is 18.2 Å². The van der Waals surface area contributed by atoms with Gasteiger partial charge >= 0.3 is 0 Å². The molecule has 65 heavy (non-hydrogen) atoms. The summed E-state index contributed by atoms with van der Waals surface area (Å²) in [4.78, 5) is 50.7. The van der Waals surface area contributed by atoms with E-state index in [0.717, 1.165) is 88.8 Å². The highest BCUT2D eigenvalue weighted by Gasteiger charge is 2.04. The van der Waals surface area contributed by atoms with Crippen molar-refractivity contribution >= 4 is 57.8 Å². The molecular formula is C43H89N11O8S3. The second-order valence-electron chi connectivity index (χ2n) is 14.3. The highest BCUT2D eigenvalue weighted by molar-refractivity contribution is 8.76. The molecule has 0 aromatic carbocycles. The minimum absolute atomic E-state index is 0. The van der Waals surface area contributed by atoms with Crippen molar-refractivity contribution in [2.24, 2.45) is 11.5 Å². The number of hydrogen-bond donors (Lipinski definition) is 11. The SMILES string of the molecule is NCCNCCCCCNCCNC(=O)CCOCCOCCNC(=O)CCS.NCCNCCCCCNCCNC(=O)CCOCCOCCNC(=O)CCSSc1ccccn1.[2H][3H].[3HH]. The van der Waals surface area contributed by atoms with Gasteiger partial charge in [-0.15, -0.1) is 0 Å². The molecule has 0 radical (unpaired) electrons. The first-order valence-corrected chi connectivity index (χ1v) is 26.3. The van der Waals surface area contributed by atoms with Crippen LogP contribution in [-0.2, 0) is 38.1 Å². The van der Waals surface area contributed by atoms with Crippen LogP contribution in [0.15, 0.2) is 29.4 Å². The number of carbonyl (C=O) groups is 4. The minimum atomic E-state index is -0.0207. The van der Waals surface area contributed by atoms with Crippen molar-refractivity contribution < 1.29 is 42.5 Å². The molecule has 0 spiro atoms. The first-order valence-electron chi connectivity index (χ1n) is 24.3. The molecule has 1 aromatic rings. The van der Waals surface area contributed by atoms with Crippen molar-refractivity contribution in [3.63, 3.8) is 0 Å². The second-order valence-corrected chi connectivity index (χ2v) is 17.2. The van der Waals surface area contributed by atoms with E-state index in [0.29, 0.717) is 124 Å². The molecule has 4 amide bonds. The topological polar surface area (TPSA) is 266 Å². The number of rotatable bonds is 47. The van der Waals surface area contributed by atoms with Gasteiger partial charge in [-0.1, -0.05) is 29.7 Å². The molecule has 0 bridgehead atoms. The molecule has 1 aromatic heterocycles. The number of amides is 4. The van der Waals surface area contributed by atoms with Crippen molar-refractivity contribution in [3.8, 4) is 0 Å². The first-order chi connectivity index (χ1) is 32.9. The largest absolute Gasteiger partial charge is 0.379 e. The summed E-state index contributed by atoms with van der Waals surface area (Å²) in [6.07, 6.45) is 10.3. The highest BCUT2D eigenvalue weighted by Crippen LogP contribution is 2.29. The summed E-state index contributed by atoms with van der Waals surface area (Å²) in [6.45, 7) is 14.2. The molecule has 12 N–H and O–H groups in total. The Hall–Kier alpha value is -2.32. The number of pyridine rings is 1. The van der Waals surface area contributed by atoms with Gasteiger partial charge in [-0.2, -0.15) is 12.6 Å². The van der Waals surface area contributed by atoms with Crippen LogP contribution >= 0.6 is 34.2 Å². The lowest BCUT2D eigenvalue weighted by Gasteiger charge is -2.08. The maximum absolute atomic E-state index is 11.8. The summed E-state index contributed by atoms with van der Waals surface area (Å²) in [5, 5.41) is 25.5. The van der Waals surface area contributed by atoms with Crippen LogP contribution in [0.25, 0.3) is 0 Å². The molecule has 1 heterocycles. The van der Waals surface area contributed by atoms with Gasteiger partial charge in [0.2, 0.25) is 23.6 Å². The molecule has 382 valence electrons. The molecule has 22 heteroatoms. The van der Waals surface area contributed by atoms with Crippen LogP contribution in [0.4, 0.5) is 0 Å². The van der Waals surface area contributed by atoms with Crippen molar-refractivity contribution in [2.45, 2.75) is 69.2 Å². The summed E-state index contributed by atoms with van der Waals surface area (Å²) in [7, 11) is 3.18. The summed E-state index contributed by atoms with van der Waals surface area (Å²) in [5.74, 6) is 1.23. The number of unbranched alkanes of at least 4 members (excludes halogenated alkanes) is 4. The third-order valence-corrected chi connectivity index (χ3v) is 11.2. The third kappa shape index (κ3) is 50.9. The summed E-state index contributed by atoms with van der Waals surface area (Å²) < 4.78 is 31.6. The van der Waals surface area contributed by atoms with Crippen molar-refractivity contribution in [2.75, 3.05) is 156 Å². The number of aromatic nitrogens is 1. The monoisotopic (exact) mass is 989 g/mol. The average molecular weight is 989 g/mol. The van der Waals surface area contributed by atoms with E-state index in [4.69, 9.17) is 33.4 Å². The van der Waals surface area contributed by atoms with E-state index >= 15 is 0 Å². The van der Waals surface area contributed by atoms with Crippen LogP contribution in [0, 0.1) is 0 Å². The lowest BCUT2D eigenvalue weighted by molar-refractivity contribution is -0.123. The summed E-state index contributed by atoms with van der Waals surface area (Å²) >= 11 is 3.99. The second kappa shape index (κ2) is 52.6. The number of carbonyl (C=O) groups excluding carboxylic acids is 4. The summed E-state index contributed by atoms with van der Waals surface area (Å²) in [6, 6.07) is 5.77. The lowest BCUT2D eigenvalue weighted by atomic mass is 10.2. The van der Waals surface area contributed by atoms with Crippen molar-refractivity contribution in [3.05, 3.63) is 24.4 Å². The Morgan fingerprint density at radius 2 is 0.969 bits per heavy atom. The fourth-order valence-electron chi connectivity index (χ4n) is 5.23. The van der Waals surface area contributed by atoms with E-state index in [1.165, 1.54) is 12.8 Å². The van der Waals surface area contributed by atoms with Gasteiger partial charge in [0, 0.05) is 107 Å². The van der Waals surface area contributed by atoms with Gasteiger partial charge in [0.05, 0.1) is 52.9 Å². The van der Waals surface area contributed by atoms with Crippen LogP contribution in [0.2, 0.25) is 0 Å². The maximum atomic E-state index is 11.8. The van der Waals surface area contributed by atoms with Gasteiger partial charge in [0.15, 0.2) is 0 Å². The Labute approximate surface area is 407 Å². The molecule has 0 saturated heterocycles. The van der Waals surface area contributed by atoms with Gasteiger partial charge < -0.3 is 72.9 Å². The van der Waals surface area contributed by atoms with Crippen molar-refractivity contribution in [1.82, 2.24) is 47.5 Å². The van der Waals surface area contributed by atoms with E-state index in [-0.39, 0.29) is 25.1 Å². The number of ether oxygens (including phenoxy) is 4. The molecule has 0 fully saturated rings. The Balaban J connectivity index is -0.00000121. The van der Waals surface area contributed by atoms with Crippen LogP contribution in [-0.4, -0.2) is 185 Å². The normalized spacial score (nSPS) is 11.0. The van der Waals surface area contributed by atoms with E-state index in [9.17, 15) is 19.2 Å². The molecule has 1 rings (SSSR count). The smallest absolute Gasteiger partial charge is 0.222 e. The molecular weight excluding hydrogens is 895 g/mol. The Morgan fingerprint density at radius 1 is 0.538 bits per heavy atom. The Kier molecular flexibility index (Phi) is 49.2. The lowest BCUT2D eigenvalue weighted by Crippen LogP contribution is -2.32. The molecule has 0 aliphatic rings. The Morgan fingerprint density at radius 3 is 1.42 bits per heavy atom. The Bertz CT molecular complexity index is 1240. The quantitative estimate of drug-likeness (QED) is 0.0247. The van der Waals surface area contributed by atoms with E-state index in [1.54, 1.807) is 27.8 Å². The minimum Gasteiger partial charge on any atom is -0.379 e. The number of thiol groups is 1. The number of hydrogen-bond acceptors (Lipinski definition) is 18. The van der Waals surface area contributed by atoms with E-state index in [2.05, 4.69) is 60.1 Å². The molecule has 0 unspecified atom stereocenters.